The minimum Gasteiger partial charge on any atom is -0.480 e. The SMILES string of the molecule is N#Cc1ccc(Nc2nc3ccc(C(=O)NCC(=O)O)cc3[nH]2)cc1. The number of aromatic amines is 1. The maximum atomic E-state index is 11.9. The van der Waals surface area contributed by atoms with Crippen LogP contribution in [0, 0.1) is 11.3 Å². The first-order chi connectivity index (χ1) is 12.0. The fourth-order valence-corrected chi connectivity index (χ4v) is 2.23. The zero-order valence-corrected chi connectivity index (χ0v) is 12.9. The smallest absolute Gasteiger partial charge is 0.322 e. The Morgan fingerprint density at radius 1 is 1.20 bits per heavy atom. The monoisotopic (exact) mass is 335 g/mol. The predicted molar refractivity (Wildman–Crippen MR) is 90.5 cm³/mol. The Hall–Kier alpha value is -3.86. The zero-order chi connectivity index (χ0) is 17.8. The molecule has 1 aromatic heterocycles. The van der Waals surface area contributed by atoms with Gasteiger partial charge >= 0.3 is 5.97 Å². The number of rotatable bonds is 5. The average molecular weight is 335 g/mol. The van der Waals surface area contributed by atoms with E-state index in [0.29, 0.717) is 28.1 Å². The van der Waals surface area contributed by atoms with Gasteiger partial charge in [0, 0.05) is 11.3 Å². The molecule has 0 radical (unpaired) electrons. The third kappa shape index (κ3) is 3.73. The standard InChI is InChI=1S/C17H13N5O3/c18-8-10-1-4-12(5-2-10)20-17-21-13-6-3-11(7-14(13)22-17)16(25)19-9-15(23)24/h1-7H,9H2,(H,19,25)(H,23,24)(H2,20,21,22). The zero-order valence-electron chi connectivity index (χ0n) is 12.9. The summed E-state index contributed by atoms with van der Waals surface area (Å²) in [5.74, 6) is -1.09. The van der Waals surface area contributed by atoms with Crippen molar-refractivity contribution in [2.45, 2.75) is 0 Å². The number of fused-ring (bicyclic) bond motifs is 1. The van der Waals surface area contributed by atoms with Gasteiger partial charge in [-0.2, -0.15) is 5.26 Å². The number of carbonyl (C=O) groups excluding carboxylic acids is 1. The Balaban J connectivity index is 1.78. The van der Waals surface area contributed by atoms with Crippen LogP contribution < -0.4 is 10.6 Å². The van der Waals surface area contributed by atoms with Gasteiger partial charge in [0.15, 0.2) is 0 Å². The number of benzene rings is 2. The van der Waals surface area contributed by atoms with Crippen LogP contribution in [-0.2, 0) is 4.79 Å². The van der Waals surface area contributed by atoms with Gasteiger partial charge < -0.3 is 20.7 Å². The Bertz CT molecular complexity index is 986. The number of carbonyl (C=O) groups is 2. The third-order valence-electron chi connectivity index (χ3n) is 3.42. The molecule has 1 heterocycles. The number of carboxylic acids is 1. The Labute approximate surface area is 142 Å². The highest BCUT2D eigenvalue weighted by molar-refractivity contribution is 5.98. The number of nitrogens with zero attached hydrogens (tertiary/aromatic N) is 2. The first-order valence-corrected chi connectivity index (χ1v) is 7.32. The van der Waals surface area contributed by atoms with Crippen LogP contribution in [0.3, 0.4) is 0 Å². The third-order valence-corrected chi connectivity index (χ3v) is 3.42. The second kappa shape index (κ2) is 6.72. The molecule has 2 aromatic carbocycles. The van der Waals surface area contributed by atoms with E-state index in [1.54, 1.807) is 42.5 Å². The second-order valence-corrected chi connectivity index (χ2v) is 5.21. The van der Waals surface area contributed by atoms with E-state index in [0.717, 1.165) is 5.69 Å². The van der Waals surface area contributed by atoms with Crippen molar-refractivity contribution in [1.29, 1.82) is 5.26 Å². The summed E-state index contributed by atoms with van der Waals surface area (Å²) in [6.45, 7) is -0.439. The van der Waals surface area contributed by atoms with Crippen molar-refractivity contribution >= 4 is 34.5 Å². The Morgan fingerprint density at radius 2 is 1.96 bits per heavy atom. The molecule has 1 amide bonds. The fourth-order valence-electron chi connectivity index (χ4n) is 2.23. The molecule has 0 fully saturated rings. The number of carboxylic acid groups (broad SMARTS) is 1. The quantitative estimate of drug-likeness (QED) is 0.564. The van der Waals surface area contributed by atoms with Gasteiger partial charge in [-0.25, -0.2) is 4.98 Å². The average Bonchev–Trinajstić information content (AvgIpc) is 3.01. The molecule has 25 heavy (non-hydrogen) atoms. The lowest BCUT2D eigenvalue weighted by Gasteiger charge is -2.02. The molecule has 124 valence electrons. The molecule has 0 atom stereocenters. The molecular weight excluding hydrogens is 322 g/mol. The number of aliphatic carboxylic acids is 1. The molecular formula is C17H13N5O3. The normalized spacial score (nSPS) is 10.2. The topological polar surface area (TPSA) is 131 Å². The molecule has 4 N–H and O–H groups in total. The molecule has 3 aromatic rings. The number of nitriles is 1. The molecule has 3 rings (SSSR count). The van der Waals surface area contributed by atoms with Crippen molar-refractivity contribution in [2.24, 2.45) is 0 Å². The van der Waals surface area contributed by atoms with Gasteiger partial charge in [-0.05, 0) is 42.5 Å². The minimum atomic E-state index is -1.11. The molecule has 8 nitrogen and oxygen atoms in total. The van der Waals surface area contributed by atoms with Gasteiger partial charge in [0.2, 0.25) is 5.95 Å². The van der Waals surface area contributed by atoms with Crippen molar-refractivity contribution in [3.63, 3.8) is 0 Å². The summed E-state index contributed by atoms with van der Waals surface area (Å²) in [7, 11) is 0. The highest BCUT2D eigenvalue weighted by Gasteiger charge is 2.10. The van der Waals surface area contributed by atoms with E-state index in [1.807, 2.05) is 6.07 Å². The van der Waals surface area contributed by atoms with Crippen molar-refractivity contribution in [2.75, 3.05) is 11.9 Å². The molecule has 0 aliphatic heterocycles. The van der Waals surface area contributed by atoms with Gasteiger partial charge in [-0.1, -0.05) is 0 Å². The van der Waals surface area contributed by atoms with E-state index in [9.17, 15) is 9.59 Å². The minimum absolute atomic E-state index is 0.335. The van der Waals surface area contributed by atoms with Crippen LogP contribution in [0.25, 0.3) is 11.0 Å². The lowest BCUT2D eigenvalue weighted by molar-refractivity contribution is -0.135. The molecule has 0 unspecified atom stereocenters. The summed E-state index contributed by atoms with van der Waals surface area (Å²) in [5.41, 5.74) is 2.96. The van der Waals surface area contributed by atoms with Crippen LogP contribution in [0.5, 0.6) is 0 Å². The van der Waals surface area contributed by atoms with Gasteiger partial charge in [0.05, 0.1) is 22.7 Å². The van der Waals surface area contributed by atoms with Crippen LogP contribution in [-0.4, -0.2) is 33.5 Å². The van der Waals surface area contributed by atoms with Crippen molar-refractivity contribution in [3.05, 3.63) is 53.6 Å². The number of H-pyrrole nitrogens is 1. The second-order valence-electron chi connectivity index (χ2n) is 5.21. The van der Waals surface area contributed by atoms with Gasteiger partial charge in [0.1, 0.15) is 6.54 Å². The summed E-state index contributed by atoms with van der Waals surface area (Å²) >= 11 is 0. The number of imidazole rings is 1. The van der Waals surface area contributed by atoms with Gasteiger partial charge in [0.25, 0.3) is 5.91 Å². The van der Waals surface area contributed by atoms with Gasteiger partial charge in [-0.15, -0.1) is 0 Å². The number of aromatic nitrogens is 2. The number of anilines is 2. The first kappa shape index (κ1) is 16.0. The molecule has 0 spiro atoms. The van der Waals surface area contributed by atoms with Gasteiger partial charge in [-0.3, -0.25) is 9.59 Å². The lowest BCUT2D eigenvalue weighted by atomic mass is 10.2. The van der Waals surface area contributed by atoms with Crippen molar-refractivity contribution < 1.29 is 14.7 Å². The largest absolute Gasteiger partial charge is 0.480 e. The summed E-state index contributed by atoms with van der Waals surface area (Å²) in [4.78, 5) is 29.8. The molecule has 0 saturated heterocycles. The summed E-state index contributed by atoms with van der Waals surface area (Å²) in [5, 5.41) is 22.8. The number of hydrogen-bond acceptors (Lipinski definition) is 5. The molecule has 0 aliphatic rings. The molecule has 8 heteroatoms. The summed E-state index contributed by atoms with van der Waals surface area (Å²) < 4.78 is 0. The lowest BCUT2D eigenvalue weighted by Crippen LogP contribution is -2.29. The highest BCUT2D eigenvalue weighted by atomic mass is 16.4. The van der Waals surface area contributed by atoms with E-state index >= 15 is 0 Å². The maximum Gasteiger partial charge on any atom is 0.322 e. The van der Waals surface area contributed by atoms with Crippen LogP contribution in [0.1, 0.15) is 15.9 Å². The van der Waals surface area contributed by atoms with E-state index in [-0.39, 0.29) is 0 Å². The number of hydrogen-bond donors (Lipinski definition) is 4. The molecule has 0 bridgehead atoms. The van der Waals surface area contributed by atoms with E-state index < -0.39 is 18.4 Å². The number of amides is 1. The van der Waals surface area contributed by atoms with Crippen LogP contribution >= 0.6 is 0 Å². The van der Waals surface area contributed by atoms with E-state index in [1.165, 1.54) is 0 Å². The molecule has 0 saturated carbocycles. The highest BCUT2D eigenvalue weighted by Crippen LogP contribution is 2.19. The van der Waals surface area contributed by atoms with Crippen molar-refractivity contribution in [1.82, 2.24) is 15.3 Å². The summed E-state index contributed by atoms with van der Waals surface area (Å²) in [6, 6.07) is 13.8. The maximum absolute atomic E-state index is 11.9. The summed E-state index contributed by atoms with van der Waals surface area (Å²) in [6.07, 6.45) is 0. The Morgan fingerprint density at radius 3 is 2.64 bits per heavy atom. The van der Waals surface area contributed by atoms with Crippen LogP contribution in [0.2, 0.25) is 0 Å². The Kier molecular flexibility index (Phi) is 4.30. The van der Waals surface area contributed by atoms with E-state index in [4.69, 9.17) is 10.4 Å². The molecule has 0 aliphatic carbocycles. The van der Waals surface area contributed by atoms with E-state index in [2.05, 4.69) is 20.6 Å². The predicted octanol–water partition coefficient (Wildman–Crippen LogP) is 1.99. The fraction of sp³-hybridized carbons (Fsp3) is 0.0588. The first-order valence-electron chi connectivity index (χ1n) is 7.32. The number of nitrogens with one attached hydrogen (secondary N) is 3. The van der Waals surface area contributed by atoms with Crippen LogP contribution in [0.15, 0.2) is 42.5 Å². The van der Waals surface area contributed by atoms with Crippen molar-refractivity contribution in [3.8, 4) is 6.07 Å². The van der Waals surface area contributed by atoms with Crippen LogP contribution in [0.4, 0.5) is 11.6 Å².